The van der Waals surface area contributed by atoms with E-state index in [0.29, 0.717) is 23.7 Å². The molecule has 2 rings (SSSR count). The van der Waals surface area contributed by atoms with Gasteiger partial charge in [-0.2, -0.15) is 0 Å². The lowest BCUT2D eigenvalue weighted by Crippen LogP contribution is -2.08. The fraction of sp³-hybridized carbons (Fsp3) is 0.211. The van der Waals surface area contributed by atoms with E-state index in [-0.39, 0.29) is 5.97 Å². The van der Waals surface area contributed by atoms with Gasteiger partial charge in [0.05, 0.1) is 26.4 Å². The fourth-order valence-corrected chi connectivity index (χ4v) is 2.17. The summed E-state index contributed by atoms with van der Waals surface area (Å²) in [5, 5.41) is 3.11. The largest absolute Gasteiger partial charge is 0.493 e. The minimum Gasteiger partial charge on any atom is -0.493 e. The Morgan fingerprint density at radius 1 is 1.04 bits per heavy atom. The Balaban J connectivity index is 2.29. The van der Waals surface area contributed by atoms with E-state index in [0.717, 1.165) is 11.3 Å². The van der Waals surface area contributed by atoms with Crippen molar-refractivity contribution in [3.05, 3.63) is 60.3 Å². The second-order valence-electron chi connectivity index (χ2n) is 4.86. The summed E-state index contributed by atoms with van der Waals surface area (Å²) in [4.78, 5) is 12.2. The van der Waals surface area contributed by atoms with Gasteiger partial charge in [-0.05, 0) is 24.6 Å². The Morgan fingerprint density at radius 3 is 2.38 bits per heavy atom. The first-order chi connectivity index (χ1) is 11.7. The zero-order valence-corrected chi connectivity index (χ0v) is 14.0. The Bertz CT molecular complexity index is 711. The molecule has 24 heavy (non-hydrogen) atoms. The van der Waals surface area contributed by atoms with Crippen molar-refractivity contribution in [3.63, 3.8) is 0 Å². The minimum atomic E-state index is -0.378. The van der Waals surface area contributed by atoms with Gasteiger partial charge in [0.2, 0.25) is 0 Å². The van der Waals surface area contributed by atoms with Crippen LogP contribution >= 0.6 is 0 Å². The molecule has 1 N–H and O–H groups in total. The van der Waals surface area contributed by atoms with Crippen LogP contribution in [0.3, 0.4) is 0 Å². The van der Waals surface area contributed by atoms with Crippen LogP contribution in [0.2, 0.25) is 0 Å². The summed E-state index contributed by atoms with van der Waals surface area (Å²) in [5.74, 6) is 0.866. The topological polar surface area (TPSA) is 56.8 Å². The number of carbonyl (C=O) groups excluding carboxylic acids is 1. The fourth-order valence-electron chi connectivity index (χ4n) is 2.17. The molecule has 0 saturated heterocycles. The third-order valence-electron chi connectivity index (χ3n) is 3.35. The Labute approximate surface area is 141 Å². The molecule has 0 atom stereocenters. The number of nitrogens with one attached hydrogen (secondary N) is 1. The van der Waals surface area contributed by atoms with Crippen molar-refractivity contribution in [2.24, 2.45) is 0 Å². The normalized spacial score (nSPS) is 10.9. The quantitative estimate of drug-likeness (QED) is 0.620. The first kappa shape index (κ1) is 17.4. The van der Waals surface area contributed by atoms with Crippen molar-refractivity contribution in [2.75, 3.05) is 26.1 Å². The predicted molar refractivity (Wildman–Crippen MR) is 94.2 cm³/mol. The number of benzene rings is 2. The van der Waals surface area contributed by atoms with E-state index in [1.54, 1.807) is 39.5 Å². The van der Waals surface area contributed by atoms with Crippen LogP contribution in [0.1, 0.15) is 12.5 Å². The zero-order valence-electron chi connectivity index (χ0n) is 14.0. The highest BCUT2D eigenvalue weighted by Gasteiger charge is 2.13. The molecule has 2 aromatic rings. The molecule has 126 valence electrons. The molecule has 0 spiro atoms. The molecule has 0 fully saturated rings. The van der Waals surface area contributed by atoms with Crippen LogP contribution in [0.25, 0.3) is 5.57 Å². The SMILES string of the molecule is CCOC(=O)/C(=C\Nc1ccc(OC)c(OC)c1)c1ccccc1. The zero-order chi connectivity index (χ0) is 17.4. The average Bonchev–Trinajstić information content (AvgIpc) is 2.62. The van der Waals surface area contributed by atoms with Crippen LogP contribution in [0.4, 0.5) is 5.69 Å². The maximum absolute atomic E-state index is 12.2. The van der Waals surface area contributed by atoms with Gasteiger partial charge in [-0.3, -0.25) is 0 Å². The van der Waals surface area contributed by atoms with Crippen LogP contribution in [-0.4, -0.2) is 26.8 Å². The van der Waals surface area contributed by atoms with Gasteiger partial charge in [-0.1, -0.05) is 30.3 Å². The van der Waals surface area contributed by atoms with Gasteiger partial charge in [-0.15, -0.1) is 0 Å². The molecule has 0 aliphatic carbocycles. The van der Waals surface area contributed by atoms with Crippen molar-refractivity contribution in [2.45, 2.75) is 6.92 Å². The molecular weight excluding hydrogens is 306 g/mol. The maximum atomic E-state index is 12.2. The molecule has 0 saturated carbocycles. The predicted octanol–water partition coefficient (Wildman–Crippen LogP) is 3.72. The van der Waals surface area contributed by atoms with E-state index in [2.05, 4.69) is 5.32 Å². The number of esters is 1. The molecule has 0 heterocycles. The summed E-state index contributed by atoms with van der Waals surface area (Å²) in [6.07, 6.45) is 1.63. The Morgan fingerprint density at radius 2 is 1.75 bits per heavy atom. The maximum Gasteiger partial charge on any atom is 0.340 e. The smallest absolute Gasteiger partial charge is 0.340 e. The number of ether oxygens (including phenoxy) is 3. The number of hydrogen-bond donors (Lipinski definition) is 1. The minimum absolute atomic E-state index is 0.319. The molecule has 0 aromatic heterocycles. The highest BCUT2D eigenvalue weighted by atomic mass is 16.5. The number of methoxy groups -OCH3 is 2. The highest BCUT2D eigenvalue weighted by Crippen LogP contribution is 2.30. The van der Waals surface area contributed by atoms with E-state index in [1.807, 2.05) is 36.4 Å². The number of anilines is 1. The summed E-state index contributed by atoms with van der Waals surface area (Å²) < 4.78 is 15.6. The van der Waals surface area contributed by atoms with Gasteiger partial charge < -0.3 is 19.5 Å². The second kappa shape index (κ2) is 8.62. The first-order valence-electron chi connectivity index (χ1n) is 7.60. The molecular formula is C19H21NO4. The molecule has 0 amide bonds. The lowest BCUT2D eigenvalue weighted by Gasteiger charge is -2.11. The summed E-state index contributed by atoms with van der Waals surface area (Å²) in [5.41, 5.74) is 2.00. The third-order valence-corrected chi connectivity index (χ3v) is 3.35. The average molecular weight is 327 g/mol. The highest BCUT2D eigenvalue weighted by molar-refractivity contribution is 6.16. The van der Waals surface area contributed by atoms with Gasteiger partial charge in [0.25, 0.3) is 0 Å². The van der Waals surface area contributed by atoms with Crippen molar-refractivity contribution in [3.8, 4) is 11.5 Å². The molecule has 2 aromatic carbocycles. The van der Waals surface area contributed by atoms with Crippen molar-refractivity contribution in [1.82, 2.24) is 0 Å². The molecule has 0 radical (unpaired) electrons. The van der Waals surface area contributed by atoms with E-state index in [9.17, 15) is 4.79 Å². The van der Waals surface area contributed by atoms with Gasteiger partial charge in [0.1, 0.15) is 0 Å². The van der Waals surface area contributed by atoms with Gasteiger partial charge in [-0.25, -0.2) is 4.79 Å². The number of hydrogen-bond acceptors (Lipinski definition) is 5. The molecule has 0 aliphatic heterocycles. The second-order valence-corrected chi connectivity index (χ2v) is 4.86. The van der Waals surface area contributed by atoms with E-state index < -0.39 is 0 Å². The van der Waals surface area contributed by atoms with E-state index >= 15 is 0 Å². The Kier molecular flexibility index (Phi) is 6.25. The molecule has 0 aliphatic rings. The Hall–Kier alpha value is -2.95. The van der Waals surface area contributed by atoms with E-state index in [1.165, 1.54) is 0 Å². The lowest BCUT2D eigenvalue weighted by atomic mass is 10.1. The molecule has 0 bridgehead atoms. The summed E-state index contributed by atoms with van der Waals surface area (Å²) >= 11 is 0. The molecule has 5 heteroatoms. The monoisotopic (exact) mass is 327 g/mol. The van der Waals surface area contributed by atoms with E-state index in [4.69, 9.17) is 14.2 Å². The summed E-state index contributed by atoms with van der Waals surface area (Å²) in [7, 11) is 3.16. The number of carbonyl (C=O) groups is 1. The lowest BCUT2D eigenvalue weighted by molar-refractivity contribution is -0.136. The molecule has 5 nitrogen and oxygen atoms in total. The van der Waals surface area contributed by atoms with Gasteiger partial charge >= 0.3 is 5.97 Å². The number of rotatable bonds is 7. The molecule has 0 unspecified atom stereocenters. The van der Waals surface area contributed by atoms with Crippen molar-refractivity contribution < 1.29 is 19.0 Å². The van der Waals surface area contributed by atoms with Crippen LogP contribution < -0.4 is 14.8 Å². The van der Waals surface area contributed by atoms with Crippen molar-refractivity contribution >= 4 is 17.2 Å². The first-order valence-corrected chi connectivity index (χ1v) is 7.60. The summed E-state index contributed by atoms with van der Waals surface area (Å²) in [6.45, 7) is 2.10. The summed E-state index contributed by atoms with van der Waals surface area (Å²) in [6, 6.07) is 14.8. The van der Waals surface area contributed by atoms with Gasteiger partial charge in [0, 0.05) is 18.0 Å². The van der Waals surface area contributed by atoms with Crippen LogP contribution in [-0.2, 0) is 9.53 Å². The van der Waals surface area contributed by atoms with Crippen LogP contribution in [0.5, 0.6) is 11.5 Å². The van der Waals surface area contributed by atoms with Crippen LogP contribution in [0, 0.1) is 0 Å². The standard InChI is InChI=1S/C19H21NO4/c1-4-24-19(21)16(14-8-6-5-7-9-14)13-20-15-10-11-17(22-2)18(12-15)23-3/h5-13,20H,4H2,1-3H3/b16-13-. The van der Waals surface area contributed by atoms with Crippen molar-refractivity contribution in [1.29, 1.82) is 0 Å². The van der Waals surface area contributed by atoms with Gasteiger partial charge in [0.15, 0.2) is 11.5 Å². The van der Waals surface area contributed by atoms with Crippen LogP contribution in [0.15, 0.2) is 54.7 Å². The third kappa shape index (κ3) is 4.29.